The highest BCUT2D eigenvalue weighted by molar-refractivity contribution is 5.46. The van der Waals surface area contributed by atoms with Crippen LogP contribution in [0.15, 0.2) is 18.2 Å². The summed E-state index contributed by atoms with van der Waals surface area (Å²) in [6.07, 6.45) is 3.79. The van der Waals surface area contributed by atoms with Crippen molar-refractivity contribution in [1.29, 1.82) is 0 Å². The van der Waals surface area contributed by atoms with Crippen LogP contribution in [0.1, 0.15) is 43.7 Å². The molecule has 0 fully saturated rings. The third-order valence-electron chi connectivity index (χ3n) is 3.38. The van der Waals surface area contributed by atoms with E-state index in [1.165, 1.54) is 30.4 Å². The van der Waals surface area contributed by atoms with Crippen LogP contribution in [-0.2, 0) is 6.42 Å². The maximum absolute atomic E-state index is 5.83. The molecule has 1 aliphatic rings. The molecule has 2 rings (SSSR count). The Balaban J connectivity index is 2.13. The summed E-state index contributed by atoms with van der Waals surface area (Å²) in [5.74, 6) is 0.673. The first kappa shape index (κ1) is 11.5. The first-order valence-electron chi connectivity index (χ1n) is 6.28. The third kappa shape index (κ3) is 2.56. The molecule has 16 heavy (non-hydrogen) atoms. The predicted octanol–water partition coefficient (Wildman–Crippen LogP) is 2.69. The lowest BCUT2D eigenvalue weighted by atomic mass is 9.82. The van der Waals surface area contributed by atoms with Gasteiger partial charge < -0.3 is 11.1 Å². The average Bonchev–Trinajstić information content (AvgIpc) is 2.25. The number of nitrogen functional groups attached to an aromatic ring is 1. The zero-order valence-corrected chi connectivity index (χ0v) is 10.3. The fourth-order valence-electron chi connectivity index (χ4n) is 2.52. The molecule has 0 aliphatic heterocycles. The van der Waals surface area contributed by atoms with Gasteiger partial charge in [0.1, 0.15) is 0 Å². The molecule has 0 saturated heterocycles. The van der Waals surface area contributed by atoms with E-state index >= 15 is 0 Å². The maximum Gasteiger partial charge on any atom is 0.0316 e. The van der Waals surface area contributed by atoms with Crippen LogP contribution in [0.3, 0.4) is 0 Å². The number of rotatable bonds is 3. The number of aryl methyl sites for hydroxylation is 1. The number of hydrogen-bond acceptors (Lipinski definition) is 2. The normalized spacial score (nSPS) is 19.8. The van der Waals surface area contributed by atoms with E-state index in [1.54, 1.807) is 0 Å². The molecule has 1 aromatic rings. The predicted molar refractivity (Wildman–Crippen MR) is 69.7 cm³/mol. The van der Waals surface area contributed by atoms with Crippen molar-refractivity contribution < 1.29 is 0 Å². The summed E-state index contributed by atoms with van der Waals surface area (Å²) in [5, 5.41) is 3.54. The molecular formula is C14H22N2. The summed E-state index contributed by atoms with van der Waals surface area (Å²) in [7, 11) is 0. The lowest BCUT2D eigenvalue weighted by molar-refractivity contribution is 0.479. The molecule has 1 aromatic carbocycles. The maximum atomic E-state index is 5.83. The Morgan fingerprint density at radius 1 is 1.44 bits per heavy atom. The van der Waals surface area contributed by atoms with Gasteiger partial charge in [0.25, 0.3) is 0 Å². The van der Waals surface area contributed by atoms with E-state index < -0.39 is 0 Å². The van der Waals surface area contributed by atoms with Crippen molar-refractivity contribution >= 4 is 5.69 Å². The summed E-state index contributed by atoms with van der Waals surface area (Å²) in [6.45, 7) is 5.49. The van der Waals surface area contributed by atoms with E-state index in [0.29, 0.717) is 12.0 Å². The van der Waals surface area contributed by atoms with Crippen molar-refractivity contribution in [2.75, 3.05) is 12.3 Å². The van der Waals surface area contributed by atoms with Gasteiger partial charge >= 0.3 is 0 Å². The molecule has 1 atom stereocenters. The van der Waals surface area contributed by atoms with Crippen LogP contribution in [0, 0.1) is 0 Å². The molecule has 1 unspecified atom stereocenters. The van der Waals surface area contributed by atoms with Crippen LogP contribution in [-0.4, -0.2) is 12.6 Å². The summed E-state index contributed by atoms with van der Waals surface area (Å²) < 4.78 is 0. The van der Waals surface area contributed by atoms with E-state index in [4.69, 9.17) is 5.73 Å². The van der Waals surface area contributed by atoms with E-state index in [9.17, 15) is 0 Å². The van der Waals surface area contributed by atoms with Crippen LogP contribution in [0.5, 0.6) is 0 Å². The van der Waals surface area contributed by atoms with Gasteiger partial charge in [-0.25, -0.2) is 0 Å². The fraction of sp³-hybridized carbons (Fsp3) is 0.571. The third-order valence-corrected chi connectivity index (χ3v) is 3.38. The zero-order chi connectivity index (χ0) is 11.5. The number of benzene rings is 1. The number of nitrogens with one attached hydrogen (secondary N) is 1. The average molecular weight is 218 g/mol. The van der Waals surface area contributed by atoms with Crippen molar-refractivity contribution in [3.63, 3.8) is 0 Å². The van der Waals surface area contributed by atoms with Gasteiger partial charge in [0, 0.05) is 18.3 Å². The van der Waals surface area contributed by atoms with Crippen LogP contribution >= 0.6 is 0 Å². The van der Waals surface area contributed by atoms with Gasteiger partial charge in [-0.05, 0) is 48.4 Å². The summed E-state index contributed by atoms with van der Waals surface area (Å²) >= 11 is 0. The molecule has 0 bridgehead atoms. The van der Waals surface area contributed by atoms with Crippen LogP contribution in [0.4, 0.5) is 5.69 Å². The van der Waals surface area contributed by atoms with Crippen molar-refractivity contribution in [2.45, 2.75) is 45.1 Å². The van der Waals surface area contributed by atoms with Crippen molar-refractivity contribution in [3.05, 3.63) is 29.3 Å². The monoisotopic (exact) mass is 218 g/mol. The summed E-state index contributed by atoms with van der Waals surface area (Å²) in [6, 6.07) is 6.97. The fourth-order valence-corrected chi connectivity index (χ4v) is 2.52. The Hall–Kier alpha value is -1.02. The standard InChI is InChI=1S/C14H22N2/c1-10(2)16-9-12-5-3-4-11-8-13(15)6-7-14(11)12/h6-8,10,12,16H,3-5,9,15H2,1-2H3. The summed E-state index contributed by atoms with van der Waals surface area (Å²) in [4.78, 5) is 0. The molecular weight excluding hydrogens is 196 g/mol. The van der Waals surface area contributed by atoms with E-state index in [0.717, 1.165) is 12.2 Å². The Kier molecular flexibility index (Phi) is 3.49. The second-order valence-corrected chi connectivity index (χ2v) is 5.11. The van der Waals surface area contributed by atoms with Crippen molar-refractivity contribution in [2.24, 2.45) is 0 Å². The topological polar surface area (TPSA) is 38.0 Å². The van der Waals surface area contributed by atoms with Gasteiger partial charge in [0.05, 0.1) is 0 Å². The Morgan fingerprint density at radius 3 is 3.00 bits per heavy atom. The zero-order valence-electron chi connectivity index (χ0n) is 10.3. The first-order valence-corrected chi connectivity index (χ1v) is 6.28. The minimum absolute atomic E-state index is 0.569. The Bertz CT molecular complexity index is 358. The highest BCUT2D eigenvalue weighted by Crippen LogP contribution is 2.32. The van der Waals surface area contributed by atoms with Gasteiger partial charge in [-0.2, -0.15) is 0 Å². The van der Waals surface area contributed by atoms with E-state index in [-0.39, 0.29) is 0 Å². The molecule has 0 radical (unpaired) electrons. The molecule has 0 aromatic heterocycles. The minimum atomic E-state index is 0.569. The molecule has 88 valence electrons. The Morgan fingerprint density at radius 2 is 2.25 bits per heavy atom. The molecule has 0 saturated carbocycles. The number of fused-ring (bicyclic) bond motifs is 1. The van der Waals surface area contributed by atoms with Crippen LogP contribution in [0.25, 0.3) is 0 Å². The highest BCUT2D eigenvalue weighted by atomic mass is 14.9. The lowest BCUT2D eigenvalue weighted by Gasteiger charge is -2.26. The van der Waals surface area contributed by atoms with Crippen LogP contribution in [0.2, 0.25) is 0 Å². The SMILES string of the molecule is CC(C)NCC1CCCc2cc(N)ccc21. The molecule has 2 nitrogen and oxygen atoms in total. The molecule has 0 spiro atoms. The lowest BCUT2D eigenvalue weighted by Crippen LogP contribution is -2.29. The van der Waals surface area contributed by atoms with Gasteiger partial charge in [-0.15, -0.1) is 0 Å². The first-order chi connectivity index (χ1) is 7.66. The van der Waals surface area contributed by atoms with Crippen LogP contribution < -0.4 is 11.1 Å². The van der Waals surface area contributed by atoms with E-state index in [2.05, 4.69) is 31.3 Å². The second-order valence-electron chi connectivity index (χ2n) is 5.11. The van der Waals surface area contributed by atoms with Crippen molar-refractivity contribution in [1.82, 2.24) is 5.32 Å². The minimum Gasteiger partial charge on any atom is -0.399 e. The summed E-state index contributed by atoms with van der Waals surface area (Å²) in [5.41, 5.74) is 9.70. The molecule has 3 N–H and O–H groups in total. The highest BCUT2D eigenvalue weighted by Gasteiger charge is 2.19. The smallest absolute Gasteiger partial charge is 0.0316 e. The van der Waals surface area contributed by atoms with Gasteiger partial charge in [0.2, 0.25) is 0 Å². The number of nitrogens with two attached hydrogens (primary N) is 1. The second kappa shape index (κ2) is 4.88. The number of hydrogen-bond donors (Lipinski definition) is 2. The van der Waals surface area contributed by atoms with Gasteiger partial charge in [-0.3, -0.25) is 0 Å². The number of anilines is 1. The quantitative estimate of drug-likeness (QED) is 0.765. The Labute approximate surface area is 98.2 Å². The van der Waals surface area contributed by atoms with Gasteiger partial charge in [0.15, 0.2) is 0 Å². The molecule has 2 heteroatoms. The van der Waals surface area contributed by atoms with Crippen molar-refractivity contribution in [3.8, 4) is 0 Å². The van der Waals surface area contributed by atoms with E-state index in [1.807, 2.05) is 6.07 Å². The molecule has 1 aliphatic carbocycles. The van der Waals surface area contributed by atoms with Gasteiger partial charge in [-0.1, -0.05) is 19.9 Å². The molecule has 0 amide bonds. The molecule has 0 heterocycles. The largest absolute Gasteiger partial charge is 0.399 e.